The molecule has 108 valence electrons. The second-order valence-corrected chi connectivity index (χ2v) is 6.66. The van der Waals surface area contributed by atoms with Crippen molar-refractivity contribution in [2.24, 2.45) is 0 Å². The maximum Gasteiger partial charge on any atom is 0.260 e. The highest BCUT2D eigenvalue weighted by Crippen LogP contribution is 2.32. The van der Waals surface area contributed by atoms with Gasteiger partial charge in [0.15, 0.2) is 0 Å². The summed E-state index contributed by atoms with van der Waals surface area (Å²) in [4.78, 5) is 20.6. The maximum absolute atomic E-state index is 12.4. The van der Waals surface area contributed by atoms with Gasteiger partial charge in [0.05, 0.1) is 5.39 Å². The summed E-state index contributed by atoms with van der Waals surface area (Å²) in [7, 11) is 0. The Morgan fingerprint density at radius 2 is 2.10 bits per heavy atom. The Hall–Kier alpha value is -1.65. The predicted octanol–water partition coefficient (Wildman–Crippen LogP) is 4.74. The first-order chi connectivity index (χ1) is 9.97. The van der Waals surface area contributed by atoms with Crippen LogP contribution in [0.4, 0.5) is 0 Å². The van der Waals surface area contributed by atoms with Crippen molar-refractivity contribution in [1.29, 1.82) is 0 Å². The zero-order valence-electron chi connectivity index (χ0n) is 12.0. The molecule has 5 heteroatoms. The van der Waals surface area contributed by atoms with E-state index in [1.807, 2.05) is 44.4 Å². The van der Waals surface area contributed by atoms with Crippen molar-refractivity contribution in [2.75, 3.05) is 0 Å². The lowest BCUT2D eigenvalue weighted by atomic mass is 10.0. The normalized spacial score (nSPS) is 11.5. The number of H-pyrrole nitrogens is 1. The van der Waals surface area contributed by atoms with Crippen LogP contribution < -0.4 is 5.56 Å². The van der Waals surface area contributed by atoms with Crippen LogP contribution in [0.2, 0.25) is 5.02 Å². The van der Waals surface area contributed by atoms with E-state index in [0.29, 0.717) is 5.39 Å². The number of aryl methyl sites for hydroxylation is 1. The average Bonchev–Trinajstić information content (AvgIpc) is 2.86. The quantitative estimate of drug-likeness (QED) is 0.742. The first kappa shape index (κ1) is 14.3. The van der Waals surface area contributed by atoms with E-state index in [1.54, 1.807) is 0 Å². The summed E-state index contributed by atoms with van der Waals surface area (Å²) in [5, 5.41) is 3.37. The maximum atomic E-state index is 12.4. The number of rotatable bonds is 2. The van der Waals surface area contributed by atoms with E-state index in [1.165, 1.54) is 11.3 Å². The third-order valence-corrected chi connectivity index (χ3v) is 4.77. The molecule has 0 saturated carbocycles. The lowest BCUT2D eigenvalue weighted by molar-refractivity contribution is 0.778. The molecular weight excluding hydrogens is 304 g/mol. The lowest BCUT2D eigenvalue weighted by Crippen LogP contribution is -2.12. The molecule has 0 aliphatic heterocycles. The van der Waals surface area contributed by atoms with Crippen LogP contribution in [0.15, 0.2) is 28.4 Å². The van der Waals surface area contributed by atoms with E-state index in [4.69, 9.17) is 11.6 Å². The topological polar surface area (TPSA) is 45.8 Å². The standard InChI is InChI=1S/C16H15ClN2OS/c1-8(2)14-18-15(20)13-11(7-21-16(13)19-14)10-4-5-12(17)9(3)6-10/h4-8H,1-3H3,(H,18,19,20). The number of hydrogen-bond acceptors (Lipinski definition) is 3. The summed E-state index contributed by atoms with van der Waals surface area (Å²) in [5.41, 5.74) is 2.83. The second-order valence-electron chi connectivity index (χ2n) is 5.40. The summed E-state index contributed by atoms with van der Waals surface area (Å²) in [6, 6.07) is 5.80. The minimum absolute atomic E-state index is 0.0763. The molecule has 3 nitrogen and oxygen atoms in total. The highest BCUT2D eigenvalue weighted by Gasteiger charge is 2.14. The summed E-state index contributed by atoms with van der Waals surface area (Å²) >= 11 is 7.57. The molecule has 0 unspecified atom stereocenters. The van der Waals surface area contributed by atoms with Gasteiger partial charge in [0.25, 0.3) is 5.56 Å². The molecule has 0 fully saturated rings. The molecular formula is C16H15ClN2OS. The van der Waals surface area contributed by atoms with Gasteiger partial charge in [-0.25, -0.2) is 4.98 Å². The predicted molar refractivity (Wildman–Crippen MR) is 89.5 cm³/mol. The number of benzene rings is 1. The van der Waals surface area contributed by atoms with Gasteiger partial charge in [0.2, 0.25) is 0 Å². The third-order valence-electron chi connectivity index (χ3n) is 3.48. The van der Waals surface area contributed by atoms with Crippen LogP contribution in [-0.2, 0) is 0 Å². The Morgan fingerprint density at radius 3 is 2.76 bits per heavy atom. The van der Waals surface area contributed by atoms with E-state index in [2.05, 4.69) is 9.97 Å². The van der Waals surface area contributed by atoms with E-state index in [9.17, 15) is 4.79 Å². The molecule has 2 aromatic heterocycles. The molecule has 1 aromatic carbocycles. The van der Waals surface area contributed by atoms with Gasteiger partial charge in [-0.15, -0.1) is 11.3 Å². The number of thiophene rings is 1. The number of fused-ring (bicyclic) bond motifs is 1. The van der Waals surface area contributed by atoms with Crippen LogP contribution in [0.5, 0.6) is 0 Å². The van der Waals surface area contributed by atoms with Gasteiger partial charge in [-0.3, -0.25) is 4.79 Å². The smallest absolute Gasteiger partial charge is 0.260 e. The summed E-state index contributed by atoms with van der Waals surface area (Å²) in [5.74, 6) is 0.929. The van der Waals surface area contributed by atoms with E-state index < -0.39 is 0 Å². The average molecular weight is 319 g/mol. The molecule has 0 amide bonds. The van der Waals surface area contributed by atoms with Crippen molar-refractivity contribution in [3.05, 3.63) is 50.3 Å². The molecule has 0 saturated heterocycles. The number of nitrogens with zero attached hydrogens (tertiary/aromatic N) is 1. The van der Waals surface area contributed by atoms with Crippen molar-refractivity contribution in [1.82, 2.24) is 9.97 Å². The van der Waals surface area contributed by atoms with Crippen molar-refractivity contribution >= 4 is 33.2 Å². The fraction of sp³-hybridized carbons (Fsp3) is 0.250. The number of aromatic amines is 1. The molecule has 0 aliphatic rings. The lowest BCUT2D eigenvalue weighted by Gasteiger charge is -2.05. The molecule has 2 heterocycles. The van der Waals surface area contributed by atoms with Crippen LogP contribution in [0.1, 0.15) is 31.2 Å². The zero-order valence-corrected chi connectivity index (χ0v) is 13.6. The minimum Gasteiger partial charge on any atom is -0.310 e. The Bertz CT molecular complexity index is 880. The molecule has 3 rings (SSSR count). The number of halogens is 1. The van der Waals surface area contributed by atoms with Gasteiger partial charge in [-0.2, -0.15) is 0 Å². The fourth-order valence-corrected chi connectivity index (χ4v) is 3.34. The molecule has 0 spiro atoms. The van der Waals surface area contributed by atoms with E-state index >= 15 is 0 Å². The monoisotopic (exact) mass is 318 g/mol. The van der Waals surface area contributed by atoms with Gasteiger partial charge >= 0.3 is 0 Å². The number of aromatic nitrogens is 2. The van der Waals surface area contributed by atoms with Crippen LogP contribution in [-0.4, -0.2) is 9.97 Å². The highest BCUT2D eigenvalue weighted by molar-refractivity contribution is 7.17. The second kappa shape index (κ2) is 5.28. The Kier molecular flexibility index (Phi) is 3.59. The van der Waals surface area contributed by atoms with Gasteiger partial charge in [0.1, 0.15) is 10.7 Å². The van der Waals surface area contributed by atoms with Crippen molar-refractivity contribution in [3.63, 3.8) is 0 Å². The molecule has 0 aliphatic carbocycles. The van der Waals surface area contributed by atoms with Gasteiger partial charge in [-0.05, 0) is 30.2 Å². The van der Waals surface area contributed by atoms with Crippen molar-refractivity contribution < 1.29 is 0 Å². The first-order valence-corrected chi connectivity index (χ1v) is 8.01. The summed E-state index contributed by atoms with van der Waals surface area (Å²) < 4.78 is 0. The summed E-state index contributed by atoms with van der Waals surface area (Å²) in [6.07, 6.45) is 0. The molecule has 0 atom stereocenters. The molecule has 1 N–H and O–H groups in total. The van der Waals surface area contributed by atoms with Crippen LogP contribution in [0, 0.1) is 6.92 Å². The largest absolute Gasteiger partial charge is 0.310 e. The fourth-order valence-electron chi connectivity index (χ4n) is 2.26. The Labute approximate surface area is 131 Å². The number of nitrogens with one attached hydrogen (secondary N) is 1. The molecule has 0 radical (unpaired) electrons. The van der Waals surface area contributed by atoms with Gasteiger partial charge in [0, 0.05) is 21.9 Å². The summed E-state index contributed by atoms with van der Waals surface area (Å²) in [6.45, 7) is 5.99. The molecule has 3 aromatic rings. The van der Waals surface area contributed by atoms with Crippen molar-refractivity contribution in [2.45, 2.75) is 26.7 Å². The van der Waals surface area contributed by atoms with E-state index in [-0.39, 0.29) is 11.5 Å². The molecule has 21 heavy (non-hydrogen) atoms. The Balaban J connectivity index is 2.25. The third kappa shape index (κ3) is 2.49. The SMILES string of the molecule is Cc1cc(-c2csc3nc(C(C)C)[nH]c(=O)c23)ccc1Cl. The first-order valence-electron chi connectivity index (χ1n) is 6.75. The Morgan fingerprint density at radius 1 is 1.33 bits per heavy atom. The van der Waals surface area contributed by atoms with Crippen LogP contribution in [0.25, 0.3) is 21.3 Å². The zero-order chi connectivity index (χ0) is 15.1. The van der Waals surface area contributed by atoms with E-state index in [0.717, 1.165) is 32.4 Å². The number of hydrogen-bond donors (Lipinski definition) is 1. The minimum atomic E-state index is -0.0763. The van der Waals surface area contributed by atoms with Gasteiger partial charge < -0.3 is 4.98 Å². The highest BCUT2D eigenvalue weighted by atomic mass is 35.5. The van der Waals surface area contributed by atoms with Crippen molar-refractivity contribution in [3.8, 4) is 11.1 Å². The molecule has 0 bridgehead atoms. The van der Waals surface area contributed by atoms with Crippen LogP contribution in [0.3, 0.4) is 0 Å². The van der Waals surface area contributed by atoms with Gasteiger partial charge in [-0.1, -0.05) is 31.5 Å². The van der Waals surface area contributed by atoms with Crippen LogP contribution >= 0.6 is 22.9 Å².